The summed E-state index contributed by atoms with van der Waals surface area (Å²) in [5.41, 5.74) is -0.552. The van der Waals surface area contributed by atoms with Gasteiger partial charge in [-0.1, -0.05) is 18.7 Å². The van der Waals surface area contributed by atoms with Gasteiger partial charge < -0.3 is 0 Å². The van der Waals surface area contributed by atoms with Crippen molar-refractivity contribution in [2.75, 3.05) is 0 Å². The Morgan fingerprint density at radius 2 is 2.00 bits per heavy atom. The van der Waals surface area contributed by atoms with Crippen molar-refractivity contribution < 1.29 is 18.0 Å². The van der Waals surface area contributed by atoms with E-state index in [4.69, 9.17) is 0 Å². The van der Waals surface area contributed by atoms with E-state index in [0.29, 0.717) is 6.29 Å². The van der Waals surface area contributed by atoms with E-state index >= 15 is 0 Å². The molecule has 74 valence electrons. The van der Waals surface area contributed by atoms with Gasteiger partial charge in [-0.15, -0.1) is 0 Å². The van der Waals surface area contributed by atoms with Crippen LogP contribution < -0.4 is 0 Å². The van der Waals surface area contributed by atoms with Gasteiger partial charge in [-0.3, -0.25) is 4.79 Å². The number of allylic oxidation sites excluding steroid dienone is 1. The number of carbonyl (C=O) groups excluding carboxylic acids is 1. The first-order chi connectivity index (χ1) is 6.45. The maximum atomic E-state index is 12.2. The molecule has 0 amide bonds. The van der Waals surface area contributed by atoms with Crippen molar-refractivity contribution >= 4 is 11.9 Å². The number of aldehydes is 1. The van der Waals surface area contributed by atoms with Crippen molar-refractivity contribution in [3.63, 3.8) is 0 Å². The van der Waals surface area contributed by atoms with Crippen LogP contribution in [-0.4, -0.2) is 6.29 Å². The Morgan fingerprint density at radius 3 is 2.50 bits per heavy atom. The van der Waals surface area contributed by atoms with Gasteiger partial charge in [0.25, 0.3) is 0 Å². The van der Waals surface area contributed by atoms with Gasteiger partial charge in [-0.25, -0.2) is 0 Å². The molecule has 14 heavy (non-hydrogen) atoms. The molecule has 1 aromatic rings. The normalized spacial score (nSPS) is 11.1. The lowest BCUT2D eigenvalue weighted by atomic mass is 10.1. The van der Waals surface area contributed by atoms with E-state index in [9.17, 15) is 18.0 Å². The molecule has 0 bridgehead atoms. The Balaban J connectivity index is 3.14. The third-order valence-corrected chi connectivity index (χ3v) is 1.70. The zero-order valence-electron chi connectivity index (χ0n) is 7.14. The average molecular weight is 200 g/mol. The fraction of sp³-hybridized carbons (Fsp3) is 0.100. The summed E-state index contributed by atoms with van der Waals surface area (Å²) in [4.78, 5) is 10.3. The number of hydrogen-bond acceptors (Lipinski definition) is 1. The largest absolute Gasteiger partial charge is 0.416 e. The van der Waals surface area contributed by atoms with Gasteiger partial charge in [-0.2, -0.15) is 13.2 Å². The van der Waals surface area contributed by atoms with E-state index in [1.165, 1.54) is 12.1 Å². The van der Waals surface area contributed by atoms with Crippen LogP contribution >= 0.6 is 0 Å². The lowest BCUT2D eigenvalue weighted by Gasteiger charge is -2.07. The maximum absolute atomic E-state index is 12.2. The maximum Gasteiger partial charge on any atom is 0.416 e. The van der Waals surface area contributed by atoms with Gasteiger partial charge in [0, 0.05) is 5.57 Å². The second kappa shape index (κ2) is 3.65. The number of alkyl halides is 3. The highest BCUT2D eigenvalue weighted by Gasteiger charge is 2.30. The van der Waals surface area contributed by atoms with Crippen LogP contribution in [0.1, 0.15) is 11.1 Å². The molecule has 0 heterocycles. The summed E-state index contributed by atoms with van der Waals surface area (Å²) in [5, 5.41) is 0. The zero-order chi connectivity index (χ0) is 10.8. The highest BCUT2D eigenvalue weighted by molar-refractivity contribution is 6.05. The van der Waals surface area contributed by atoms with Crippen LogP contribution in [0.4, 0.5) is 13.2 Å². The van der Waals surface area contributed by atoms with E-state index in [1.807, 2.05) is 0 Å². The predicted molar refractivity (Wildman–Crippen MR) is 46.5 cm³/mol. The minimum atomic E-state index is -4.39. The zero-order valence-corrected chi connectivity index (χ0v) is 7.14. The summed E-state index contributed by atoms with van der Waals surface area (Å²) in [6, 6.07) is 4.50. The van der Waals surface area contributed by atoms with Crippen molar-refractivity contribution in [2.45, 2.75) is 6.18 Å². The first-order valence-corrected chi connectivity index (χ1v) is 3.77. The van der Waals surface area contributed by atoms with Gasteiger partial charge >= 0.3 is 6.18 Å². The topological polar surface area (TPSA) is 17.1 Å². The molecular formula is C10H7F3O. The van der Waals surface area contributed by atoms with E-state index in [-0.39, 0.29) is 11.1 Å². The molecule has 1 nitrogen and oxygen atoms in total. The SMILES string of the molecule is C=C(C=O)c1cccc(C(F)(F)F)c1. The number of carbonyl (C=O) groups is 1. The third-order valence-electron chi connectivity index (χ3n) is 1.70. The van der Waals surface area contributed by atoms with E-state index < -0.39 is 11.7 Å². The summed E-state index contributed by atoms with van der Waals surface area (Å²) < 4.78 is 36.7. The van der Waals surface area contributed by atoms with Gasteiger partial charge in [0.1, 0.15) is 6.29 Å². The second-order valence-electron chi connectivity index (χ2n) is 2.72. The third kappa shape index (κ3) is 2.22. The quantitative estimate of drug-likeness (QED) is 0.530. The second-order valence-corrected chi connectivity index (χ2v) is 2.72. The molecule has 1 rings (SSSR count). The molecule has 0 aliphatic carbocycles. The number of rotatable bonds is 2. The fourth-order valence-corrected chi connectivity index (χ4v) is 0.963. The fourth-order valence-electron chi connectivity index (χ4n) is 0.963. The predicted octanol–water partition coefficient (Wildman–Crippen LogP) is 2.92. The van der Waals surface area contributed by atoms with Crippen molar-refractivity contribution in [3.05, 3.63) is 42.0 Å². The van der Waals surface area contributed by atoms with Crippen LogP contribution in [0.25, 0.3) is 5.57 Å². The molecule has 0 saturated carbocycles. The summed E-state index contributed by atoms with van der Waals surface area (Å²) in [6.07, 6.45) is -3.96. The van der Waals surface area contributed by atoms with E-state index in [0.717, 1.165) is 12.1 Å². The van der Waals surface area contributed by atoms with Crippen LogP contribution in [0.3, 0.4) is 0 Å². The van der Waals surface area contributed by atoms with Gasteiger partial charge in [0.2, 0.25) is 0 Å². The first-order valence-electron chi connectivity index (χ1n) is 3.77. The summed E-state index contributed by atoms with van der Waals surface area (Å²) >= 11 is 0. The Hall–Kier alpha value is -1.58. The molecule has 0 aromatic heterocycles. The number of hydrogen-bond donors (Lipinski definition) is 0. The Bertz CT molecular complexity index is 366. The lowest BCUT2D eigenvalue weighted by Crippen LogP contribution is -2.05. The van der Waals surface area contributed by atoms with Crippen LogP contribution in [0.2, 0.25) is 0 Å². The smallest absolute Gasteiger partial charge is 0.298 e. The van der Waals surface area contributed by atoms with Crippen molar-refractivity contribution in [2.24, 2.45) is 0 Å². The highest BCUT2D eigenvalue weighted by atomic mass is 19.4. The van der Waals surface area contributed by atoms with E-state index in [1.54, 1.807) is 0 Å². The minimum absolute atomic E-state index is 0.0381. The van der Waals surface area contributed by atoms with Gasteiger partial charge in [0.15, 0.2) is 0 Å². The molecule has 0 spiro atoms. The molecule has 0 fully saturated rings. The minimum Gasteiger partial charge on any atom is -0.298 e. The monoisotopic (exact) mass is 200 g/mol. The number of halogens is 3. The summed E-state index contributed by atoms with van der Waals surface area (Å²) in [6.45, 7) is 3.33. The molecular weight excluding hydrogens is 193 g/mol. The molecule has 1 aromatic carbocycles. The first kappa shape index (κ1) is 10.5. The summed E-state index contributed by atoms with van der Waals surface area (Å²) in [7, 11) is 0. The molecule has 4 heteroatoms. The van der Waals surface area contributed by atoms with Crippen molar-refractivity contribution in [1.82, 2.24) is 0 Å². The Labute approximate surface area is 78.9 Å². The summed E-state index contributed by atoms with van der Waals surface area (Å²) in [5.74, 6) is 0. The molecule has 0 aliphatic rings. The average Bonchev–Trinajstić information content (AvgIpc) is 2.15. The molecule has 0 aliphatic heterocycles. The van der Waals surface area contributed by atoms with E-state index in [2.05, 4.69) is 6.58 Å². The van der Waals surface area contributed by atoms with Crippen molar-refractivity contribution in [1.29, 1.82) is 0 Å². The van der Waals surface area contributed by atoms with Gasteiger partial charge in [-0.05, 0) is 17.7 Å². The van der Waals surface area contributed by atoms with Crippen molar-refractivity contribution in [3.8, 4) is 0 Å². The molecule has 0 saturated heterocycles. The lowest BCUT2D eigenvalue weighted by molar-refractivity contribution is -0.137. The standard InChI is InChI=1S/C10H7F3O/c1-7(6-14)8-3-2-4-9(5-8)10(11,12)13/h2-6H,1H2. The molecule has 0 atom stereocenters. The van der Waals surface area contributed by atoms with Crippen LogP contribution in [0, 0.1) is 0 Å². The van der Waals surface area contributed by atoms with Crippen LogP contribution in [0.15, 0.2) is 30.8 Å². The van der Waals surface area contributed by atoms with Gasteiger partial charge in [0.05, 0.1) is 5.56 Å². The molecule has 0 unspecified atom stereocenters. The Kier molecular flexibility index (Phi) is 2.74. The number of benzene rings is 1. The highest BCUT2D eigenvalue weighted by Crippen LogP contribution is 2.30. The molecule has 0 N–H and O–H groups in total. The van der Waals surface area contributed by atoms with Crippen LogP contribution in [0.5, 0.6) is 0 Å². The molecule has 0 radical (unpaired) electrons. The Morgan fingerprint density at radius 1 is 1.36 bits per heavy atom. The van der Waals surface area contributed by atoms with Crippen LogP contribution in [-0.2, 0) is 11.0 Å².